The van der Waals surface area contributed by atoms with E-state index >= 15 is 0 Å². The van der Waals surface area contributed by atoms with Crippen molar-refractivity contribution in [3.8, 4) is 27.9 Å². The molecule has 0 aliphatic heterocycles. The Kier molecular flexibility index (Phi) is 7.17. The van der Waals surface area contributed by atoms with Crippen molar-refractivity contribution in [2.24, 2.45) is 0 Å². The van der Waals surface area contributed by atoms with E-state index in [1.165, 1.54) is 38.2 Å². The summed E-state index contributed by atoms with van der Waals surface area (Å²) in [5, 5.41) is 6.97. The lowest BCUT2D eigenvalue weighted by Crippen LogP contribution is -2.10. The molecule has 0 aliphatic rings. The summed E-state index contributed by atoms with van der Waals surface area (Å²) in [4.78, 5) is 2.37. The van der Waals surface area contributed by atoms with Crippen LogP contribution in [0, 0.1) is 0 Å². The Balaban J connectivity index is 1.22. The summed E-state index contributed by atoms with van der Waals surface area (Å²) >= 11 is 0. The van der Waals surface area contributed by atoms with Gasteiger partial charge in [-0.2, -0.15) is 0 Å². The van der Waals surface area contributed by atoms with E-state index in [9.17, 15) is 0 Å². The summed E-state index contributed by atoms with van der Waals surface area (Å²) in [7, 11) is 0. The summed E-state index contributed by atoms with van der Waals surface area (Å²) in [5.41, 5.74) is 13.0. The molecule has 0 atom stereocenters. The van der Waals surface area contributed by atoms with Gasteiger partial charge in [0, 0.05) is 38.8 Å². The first-order chi connectivity index (χ1) is 27.3. The summed E-state index contributed by atoms with van der Waals surface area (Å²) in [6, 6.07) is 73.7. The van der Waals surface area contributed by atoms with Crippen LogP contribution in [0.4, 0.5) is 17.1 Å². The molecule has 0 N–H and O–H groups in total. The predicted molar refractivity (Wildman–Crippen MR) is 231 cm³/mol. The maximum Gasteiger partial charge on any atom is 0.145 e. The third-order valence-electron chi connectivity index (χ3n) is 11.0. The molecule has 11 aromatic rings. The lowest BCUT2D eigenvalue weighted by molar-refractivity contribution is 0.670. The van der Waals surface area contributed by atoms with Crippen LogP contribution in [0.3, 0.4) is 0 Å². The van der Waals surface area contributed by atoms with E-state index in [-0.39, 0.29) is 0 Å². The molecular weight excluding hydrogens is 669 g/mol. The second kappa shape index (κ2) is 12.6. The third-order valence-corrected chi connectivity index (χ3v) is 11.0. The zero-order valence-corrected chi connectivity index (χ0v) is 29.9. The molecule has 11 rings (SSSR count). The van der Waals surface area contributed by atoms with Crippen LogP contribution in [0.15, 0.2) is 211 Å². The van der Waals surface area contributed by atoms with Gasteiger partial charge in [-0.15, -0.1) is 0 Å². The number of hydrogen-bond acceptors (Lipinski definition) is 2. The molecule has 0 bridgehead atoms. The van der Waals surface area contributed by atoms with Gasteiger partial charge in [-0.25, -0.2) is 0 Å². The molecular formula is C52H34N2O. The minimum Gasteiger partial charge on any atom is -0.455 e. The smallest absolute Gasteiger partial charge is 0.145 e. The molecule has 0 aliphatic carbocycles. The van der Waals surface area contributed by atoms with Gasteiger partial charge < -0.3 is 13.9 Å². The van der Waals surface area contributed by atoms with Crippen molar-refractivity contribution < 1.29 is 4.42 Å². The monoisotopic (exact) mass is 702 g/mol. The number of aromatic nitrogens is 1. The SMILES string of the molecule is c1ccc(-c2ccc(N(c3ccccc3)c3ccc(-c4cccc5c4c4ccccc4n5-c4ccccc4)c4oc5ccc6ccccc6c5c34)cc2)cc1. The Hall–Kier alpha value is -7.36. The number of rotatable bonds is 6. The van der Waals surface area contributed by atoms with Crippen molar-refractivity contribution in [1.82, 2.24) is 4.57 Å². The van der Waals surface area contributed by atoms with E-state index in [0.717, 1.165) is 61.3 Å². The number of benzene rings is 9. The summed E-state index contributed by atoms with van der Waals surface area (Å²) < 4.78 is 9.48. The highest BCUT2D eigenvalue weighted by molar-refractivity contribution is 6.27. The highest BCUT2D eigenvalue weighted by atomic mass is 16.3. The van der Waals surface area contributed by atoms with Gasteiger partial charge in [-0.3, -0.25) is 0 Å². The fraction of sp³-hybridized carbons (Fsp3) is 0. The van der Waals surface area contributed by atoms with E-state index in [1.807, 2.05) is 0 Å². The van der Waals surface area contributed by atoms with E-state index in [1.54, 1.807) is 0 Å². The number of furan rings is 1. The van der Waals surface area contributed by atoms with E-state index in [2.05, 4.69) is 216 Å². The molecule has 55 heavy (non-hydrogen) atoms. The zero-order chi connectivity index (χ0) is 36.3. The molecule has 9 aromatic carbocycles. The summed E-state index contributed by atoms with van der Waals surface area (Å²) in [6.07, 6.45) is 0. The van der Waals surface area contributed by atoms with Crippen LogP contribution >= 0.6 is 0 Å². The highest BCUT2D eigenvalue weighted by Crippen LogP contribution is 2.49. The number of para-hydroxylation sites is 3. The average Bonchev–Trinajstić information content (AvgIpc) is 3.82. The maximum absolute atomic E-state index is 7.10. The molecule has 258 valence electrons. The van der Waals surface area contributed by atoms with Crippen LogP contribution in [0.25, 0.3) is 82.5 Å². The minimum absolute atomic E-state index is 0.869. The number of hydrogen-bond donors (Lipinski definition) is 0. The van der Waals surface area contributed by atoms with Crippen molar-refractivity contribution in [2.45, 2.75) is 0 Å². The standard InChI is InChI=1S/C52H34N2O/c1-4-15-35(16-5-1)36-27-30-40(31-28-36)53(38-18-6-2-7-19-38)47-33-32-43(52-51(47)50-41-22-11-10-17-37(41)29-34-48(50)55-52)42-24-14-26-46-49(42)44-23-12-13-25-45(44)54(46)39-20-8-3-9-21-39/h1-34H. The van der Waals surface area contributed by atoms with Crippen molar-refractivity contribution in [3.05, 3.63) is 206 Å². The van der Waals surface area contributed by atoms with Gasteiger partial charge in [0.2, 0.25) is 0 Å². The maximum atomic E-state index is 7.10. The Morgan fingerprint density at radius 1 is 0.382 bits per heavy atom. The summed E-state index contributed by atoms with van der Waals surface area (Å²) in [5.74, 6) is 0. The quantitative estimate of drug-likeness (QED) is 0.172. The third kappa shape index (κ3) is 4.98. The first kappa shape index (κ1) is 31.2. The van der Waals surface area contributed by atoms with Gasteiger partial charge in [0.1, 0.15) is 11.2 Å². The molecule has 2 heterocycles. The Bertz CT molecular complexity index is 3180. The van der Waals surface area contributed by atoms with E-state index < -0.39 is 0 Å². The lowest BCUT2D eigenvalue weighted by atomic mass is 9.95. The van der Waals surface area contributed by atoms with E-state index in [0.29, 0.717) is 0 Å². The number of fused-ring (bicyclic) bond motifs is 8. The largest absolute Gasteiger partial charge is 0.455 e. The van der Waals surface area contributed by atoms with Gasteiger partial charge in [-0.1, -0.05) is 140 Å². The topological polar surface area (TPSA) is 21.3 Å². The van der Waals surface area contributed by atoms with Gasteiger partial charge in [-0.05, 0) is 94.2 Å². The fourth-order valence-corrected chi connectivity index (χ4v) is 8.56. The molecule has 0 fully saturated rings. The van der Waals surface area contributed by atoms with Crippen molar-refractivity contribution in [3.63, 3.8) is 0 Å². The fourth-order valence-electron chi connectivity index (χ4n) is 8.56. The Labute approximate surface area is 318 Å². The van der Waals surface area contributed by atoms with Gasteiger partial charge in [0.25, 0.3) is 0 Å². The second-order valence-electron chi connectivity index (χ2n) is 14.1. The van der Waals surface area contributed by atoms with Crippen LogP contribution in [0.5, 0.6) is 0 Å². The molecule has 0 radical (unpaired) electrons. The first-order valence-electron chi connectivity index (χ1n) is 18.8. The van der Waals surface area contributed by atoms with Gasteiger partial charge >= 0.3 is 0 Å². The van der Waals surface area contributed by atoms with Gasteiger partial charge in [0.15, 0.2) is 0 Å². The van der Waals surface area contributed by atoms with Crippen LogP contribution in [0.2, 0.25) is 0 Å². The van der Waals surface area contributed by atoms with E-state index in [4.69, 9.17) is 4.42 Å². The molecule has 0 spiro atoms. The first-order valence-corrected chi connectivity index (χ1v) is 18.8. The molecule has 3 heteroatoms. The number of nitrogens with zero attached hydrogens (tertiary/aromatic N) is 2. The predicted octanol–water partition coefficient (Wildman–Crippen LogP) is 14.6. The highest BCUT2D eigenvalue weighted by Gasteiger charge is 2.25. The minimum atomic E-state index is 0.869. The normalized spacial score (nSPS) is 11.6. The Morgan fingerprint density at radius 3 is 1.82 bits per heavy atom. The van der Waals surface area contributed by atoms with Crippen LogP contribution < -0.4 is 4.90 Å². The second-order valence-corrected chi connectivity index (χ2v) is 14.1. The van der Waals surface area contributed by atoms with Crippen molar-refractivity contribution in [1.29, 1.82) is 0 Å². The summed E-state index contributed by atoms with van der Waals surface area (Å²) in [6.45, 7) is 0. The molecule has 0 amide bonds. The molecule has 2 aromatic heterocycles. The molecule has 0 saturated heterocycles. The molecule has 0 unspecified atom stereocenters. The van der Waals surface area contributed by atoms with Crippen LogP contribution in [-0.4, -0.2) is 4.57 Å². The molecule has 3 nitrogen and oxygen atoms in total. The van der Waals surface area contributed by atoms with Crippen molar-refractivity contribution >= 4 is 71.6 Å². The average molecular weight is 703 g/mol. The van der Waals surface area contributed by atoms with Crippen molar-refractivity contribution in [2.75, 3.05) is 4.90 Å². The Morgan fingerprint density at radius 2 is 1.02 bits per heavy atom. The lowest BCUT2D eigenvalue weighted by Gasteiger charge is -2.27. The van der Waals surface area contributed by atoms with Crippen LogP contribution in [0.1, 0.15) is 0 Å². The number of anilines is 3. The molecule has 0 saturated carbocycles. The van der Waals surface area contributed by atoms with Gasteiger partial charge in [0.05, 0.1) is 22.1 Å². The zero-order valence-electron chi connectivity index (χ0n) is 29.9. The van der Waals surface area contributed by atoms with Crippen LogP contribution in [-0.2, 0) is 0 Å².